The van der Waals surface area contributed by atoms with Gasteiger partial charge in [0, 0.05) is 18.4 Å². The zero-order chi connectivity index (χ0) is 11.7. The second kappa shape index (κ2) is 3.64. The Bertz CT molecular complexity index is 692. The average molecular weight is 225 g/mol. The minimum atomic E-state index is 0.486. The summed E-state index contributed by atoms with van der Waals surface area (Å²) < 4.78 is 6.82. The molecule has 6 nitrogen and oxygen atoms in total. The van der Waals surface area contributed by atoms with Crippen LogP contribution in [0.1, 0.15) is 0 Å². The minimum Gasteiger partial charge on any atom is -0.461 e. The van der Waals surface area contributed by atoms with E-state index in [0.717, 1.165) is 0 Å². The van der Waals surface area contributed by atoms with Gasteiger partial charge in [0.15, 0.2) is 17.2 Å². The molecule has 0 aromatic carbocycles. The van der Waals surface area contributed by atoms with Crippen LogP contribution in [0.4, 0.5) is 5.82 Å². The molecule has 0 fully saturated rings. The van der Waals surface area contributed by atoms with E-state index in [9.17, 15) is 0 Å². The van der Waals surface area contributed by atoms with Crippen molar-refractivity contribution in [2.45, 2.75) is 0 Å². The third kappa shape index (κ3) is 1.50. The van der Waals surface area contributed by atoms with E-state index in [-0.39, 0.29) is 0 Å². The van der Waals surface area contributed by atoms with E-state index < -0.39 is 0 Å². The lowest BCUT2D eigenvalue weighted by atomic mass is 10.4. The lowest BCUT2D eigenvalue weighted by Gasteiger charge is -1.96. The number of rotatable bonds is 2. The van der Waals surface area contributed by atoms with Crippen molar-refractivity contribution in [1.29, 1.82) is 0 Å². The third-order valence-electron chi connectivity index (χ3n) is 2.19. The summed E-state index contributed by atoms with van der Waals surface area (Å²) in [6, 6.07) is 5.87. The summed E-state index contributed by atoms with van der Waals surface area (Å²) in [6.07, 6.45) is 10.0. The number of terminal acetylenes is 1. The molecule has 3 heterocycles. The summed E-state index contributed by atoms with van der Waals surface area (Å²) >= 11 is 0. The molecule has 0 aliphatic carbocycles. The highest BCUT2D eigenvalue weighted by Gasteiger charge is 2.11. The van der Waals surface area contributed by atoms with Crippen LogP contribution >= 0.6 is 0 Å². The van der Waals surface area contributed by atoms with E-state index >= 15 is 0 Å². The lowest BCUT2D eigenvalue weighted by molar-refractivity contribution is 0.577. The molecule has 0 amide bonds. The van der Waals surface area contributed by atoms with E-state index in [1.54, 1.807) is 35.3 Å². The van der Waals surface area contributed by atoms with Crippen LogP contribution in [0.3, 0.4) is 0 Å². The van der Waals surface area contributed by atoms with Crippen LogP contribution < -0.4 is 5.32 Å². The Morgan fingerprint density at radius 3 is 3.18 bits per heavy atom. The first-order chi connectivity index (χ1) is 8.38. The Hall–Kier alpha value is -2.81. The van der Waals surface area contributed by atoms with Crippen molar-refractivity contribution < 1.29 is 4.42 Å². The molecule has 0 bridgehead atoms. The maximum atomic E-state index is 5.23. The lowest BCUT2D eigenvalue weighted by Crippen LogP contribution is -1.96. The number of fused-ring (bicyclic) bond motifs is 1. The molecule has 17 heavy (non-hydrogen) atoms. The first kappa shape index (κ1) is 9.42. The minimum absolute atomic E-state index is 0.486. The normalized spacial score (nSPS) is 10.3. The molecule has 3 aromatic rings. The number of nitrogens with zero attached hydrogens (tertiary/aromatic N) is 4. The number of aromatic nitrogens is 4. The van der Waals surface area contributed by atoms with Crippen LogP contribution in [0.15, 0.2) is 35.2 Å². The van der Waals surface area contributed by atoms with Gasteiger partial charge in [-0.15, -0.1) is 5.10 Å². The van der Waals surface area contributed by atoms with Gasteiger partial charge in [0.2, 0.25) is 5.82 Å². The topological polar surface area (TPSA) is 68.2 Å². The molecule has 3 aromatic heterocycles. The van der Waals surface area contributed by atoms with Crippen molar-refractivity contribution in [2.75, 3.05) is 5.32 Å². The number of hydrogen-bond donors (Lipinski definition) is 1. The van der Waals surface area contributed by atoms with Crippen molar-refractivity contribution in [3.05, 3.63) is 30.8 Å². The van der Waals surface area contributed by atoms with Crippen molar-refractivity contribution in [3.63, 3.8) is 0 Å². The van der Waals surface area contributed by atoms with Crippen molar-refractivity contribution in [1.82, 2.24) is 19.6 Å². The molecule has 0 unspecified atom stereocenters. The number of furan rings is 1. The van der Waals surface area contributed by atoms with E-state index in [4.69, 9.17) is 10.8 Å². The first-order valence-electron chi connectivity index (χ1n) is 4.85. The van der Waals surface area contributed by atoms with E-state index in [2.05, 4.69) is 26.4 Å². The summed E-state index contributed by atoms with van der Waals surface area (Å²) in [5.41, 5.74) is 0.553. The highest BCUT2D eigenvalue weighted by atomic mass is 16.3. The Morgan fingerprint density at radius 2 is 2.41 bits per heavy atom. The molecule has 0 atom stereocenters. The summed E-state index contributed by atoms with van der Waals surface area (Å²) in [6.45, 7) is 0. The summed E-state index contributed by atoms with van der Waals surface area (Å²) in [5, 5.41) is 6.93. The zero-order valence-corrected chi connectivity index (χ0v) is 8.66. The summed E-state index contributed by atoms with van der Waals surface area (Å²) in [5.74, 6) is 1.57. The highest BCUT2D eigenvalue weighted by molar-refractivity contribution is 5.66. The van der Waals surface area contributed by atoms with Crippen molar-refractivity contribution in [2.24, 2.45) is 0 Å². The molecule has 0 saturated carbocycles. The molecule has 0 saturated heterocycles. The van der Waals surface area contributed by atoms with E-state index in [1.165, 1.54) is 0 Å². The molecule has 82 valence electrons. The monoisotopic (exact) mass is 225 g/mol. The van der Waals surface area contributed by atoms with Crippen LogP contribution in [-0.4, -0.2) is 19.6 Å². The van der Waals surface area contributed by atoms with Gasteiger partial charge in [0.25, 0.3) is 0 Å². The SMILES string of the molecule is C#CNc1nccn2nc(-c3ccco3)nc12. The van der Waals surface area contributed by atoms with Crippen molar-refractivity contribution >= 4 is 11.5 Å². The standard InChI is InChI=1S/C11H7N5O/c1-2-12-10-11-14-9(8-4-3-7-17-8)15-16(11)6-5-13-10/h1,3-7H,(H,12,13). The van der Waals surface area contributed by atoms with Gasteiger partial charge in [0.05, 0.1) is 6.26 Å². The number of anilines is 1. The molecular weight excluding hydrogens is 218 g/mol. The smallest absolute Gasteiger partial charge is 0.218 e. The van der Waals surface area contributed by atoms with Crippen LogP contribution in [0.25, 0.3) is 17.2 Å². The van der Waals surface area contributed by atoms with Crippen LogP contribution in [0.2, 0.25) is 0 Å². The van der Waals surface area contributed by atoms with Gasteiger partial charge in [-0.1, -0.05) is 6.42 Å². The predicted molar refractivity (Wildman–Crippen MR) is 60.9 cm³/mol. The predicted octanol–water partition coefficient (Wildman–Crippen LogP) is 1.39. The Kier molecular flexibility index (Phi) is 2.02. The zero-order valence-electron chi connectivity index (χ0n) is 8.66. The molecule has 0 spiro atoms. The molecule has 1 N–H and O–H groups in total. The quantitative estimate of drug-likeness (QED) is 0.527. The first-order valence-corrected chi connectivity index (χ1v) is 4.85. The second-order valence-corrected chi connectivity index (χ2v) is 3.23. The number of hydrogen-bond acceptors (Lipinski definition) is 5. The maximum Gasteiger partial charge on any atom is 0.218 e. The molecule has 0 aliphatic heterocycles. The van der Waals surface area contributed by atoms with Gasteiger partial charge in [-0.25, -0.2) is 14.5 Å². The Morgan fingerprint density at radius 1 is 1.47 bits per heavy atom. The van der Waals surface area contributed by atoms with E-state index in [1.807, 2.05) is 0 Å². The largest absolute Gasteiger partial charge is 0.461 e. The van der Waals surface area contributed by atoms with Crippen molar-refractivity contribution in [3.8, 4) is 24.1 Å². The molecule has 6 heteroatoms. The second-order valence-electron chi connectivity index (χ2n) is 3.23. The van der Waals surface area contributed by atoms with Gasteiger partial charge in [-0.05, 0) is 12.1 Å². The molecule has 3 rings (SSSR count). The highest BCUT2D eigenvalue weighted by Crippen LogP contribution is 2.18. The van der Waals surface area contributed by atoms with Gasteiger partial charge in [-0.2, -0.15) is 0 Å². The summed E-state index contributed by atoms with van der Waals surface area (Å²) in [7, 11) is 0. The van der Waals surface area contributed by atoms with Gasteiger partial charge in [-0.3, -0.25) is 5.32 Å². The average Bonchev–Trinajstić information content (AvgIpc) is 2.98. The fourth-order valence-electron chi connectivity index (χ4n) is 1.48. The van der Waals surface area contributed by atoms with Gasteiger partial charge in [0.1, 0.15) is 0 Å². The van der Waals surface area contributed by atoms with Gasteiger partial charge >= 0.3 is 0 Å². The van der Waals surface area contributed by atoms with E-state index in [0.29, 0.717) is 23.0 Å². The maximum absolute atomic E-state index is 5.23. The van der Waals surface area contributed by atoms with Crippen LogP contribution in [0.5, 0.6) is 0 Å². The Labute approximate surface area is 96.3 Å². The Balaban J connectivity index is 2.19. The number of nitrogens with one attached hydrogen (secondary N) is 1. The molecular formula is C11H7N5O. The third-order valence-corrected chi connectivity index (χ3v) is 2.19. The fraction of sp³-hybridized carbons (Fsp3) is 0. The van der Waals surface area contributed by atoms with Crippen LogP contribution in [-0.2, 0) is 0 Å². The van der Waals surface area contributed by atoms with Crippen LogP contribution in [0, 0.1) is 12.5 Å². The van der Waals surface area contributed by atoms with Gasteiger partial charge < -0.3 is 4.42 Å². The fourth-order valence-corrected chi connectivity index (χ4v) is 1.48. The summed E-state index contributed by atoms with van der Waals surface area (Å²) in [4.78, 5) is 8.40. The molecule has 0 radical (unpaired) electrons. The molecule has 0 aliphatic rings.